The summed E-state index contributed by atoms with van der Waals surface area (Å²) in [5, 5.41) is 15.0. The first-order chi connectivity index (χ1) is 8.95. The summed E-state index contributed by atoms with van der Waals surface area (Å²) in [5.41, 5.74) is 4.63. The van der Waals surface area contributed by atoms with Gasteiger partial charge in [0.1, 0.15) is 11.9 Å². The Balaban J connectivity index is 2.47. The zero-order valence-corrected chi connectivity index (χ0v) is 12.1. The molecule has 0 saturated carbocycles. The van der Waals surface area contributed by atoms with Gasteiger partial charge in [-0.1, -0.05) is 6.07 Å². The molecule has 0 aliphatic heterocycles. The predicted molar refractivity (Wildman–Crippen MR) is 74.5 cm³/mol. The minimum atomic E-state index is -0.653. The Morgan fingerprint density at radius 1 is 1.26 bits per heavy atom. The molecule has 0 saturated heterocycles. The van der Waals surface area contributed by atoms with Crippen LogP contribution in [0.1, 0.15) is 34.2 Å². The zero-order chi connectivity index (χ0) is 14.2. The smallest absolute Gasteiger partial charge is 0.119 e. The number of benzene rings is 1. The van der Waals surface area contributed by atoms with Gasteiger partial charge in [0, 0.05) is 18.3 Å². The number of hydrogen-bond acceptors (Lipinski definition) is 3. The highest BCUT2D eigenvalue weighted by atomic mass is 16.5. The van der Waals surface area contributed by atoms with Gasteiger partial charge < -0.3 is 9.84 Å². The average molecular weight is 260 g/mol. The number of rotatable bonds is 3. The van der Waals surface area contributed by atoms with Crippen LogP contribution in [-0.4, -0.2) is 22.0 Å². The average Bonchev–Trinajstić information content (AvgIpc) is 2.62. The van der Waals surface area contributed by atoms with E-state index in [0.717, 1.165) is 33.8 Å². The van der Waals surface area contributed by atoms with Crippen LogP contribution in [-0.2, 0) is 7.05 Å². The van der Waals surface area contributed by atoms with E-state index in [-0.39, 0.29) is 0 Å². The molecular formula is C15H20N2O2. The molecule has 1 aromatic heterocycles. The molecule has 0 radical (unpaired) electrons. The van der Waals surface area contributed by atoms with Crippen molar-refractivity contribution in [2.45, 2.75) is 26.9 Å². The maximum Gasteiger partial charge on any atom is 0.119 e. The Hall–Kier alpha value is -1.81. The second kappa shape index (κ2) is 5.05. The standard InChI is InChI=1S/C15H20N2O2/c1-9-8-12(19-5)6-7-13(9)15(18)14-10(2)16-17(4)11(14)3/h6-8,15,18H,1-5H3. The van der Waals surface area contributed by atoms with E-state index in [1.807, 2.05) is 46.0 Å². The number of hydrogen-bond donors (Lipinski definition) is 1. The van der Waals surface area contributed by atoms with Crippen molar-refractivity contribution in [3.8, 4) is 5.75 Å². The van der Waals surface area contributed by atoms with Crippen LogP contribution in [0.15, 0.2) is 18.2 Å². The van der Waals surface area contributed by atoms with Crippen molar-refractivity contribution in [3.63, 3.8) is 0 Å². The lowest BCUT2D eigenvalue weighted by molar-refractivity contribution is 0.217. The minimum absolute atomic E-state index is 0.653. The van der Waals surface area contributed by atoms with Crippen LogP contribution in [0.3, 0.4) is 0 Å². The number of aliphatic hydroxyl groups excluding tert-OH is 1. The Bertz CT molecular complexity index is 602. The second-order valence-corrected chi connectivity index (χ2v) is 4.83. The fourth-order valence-electron chi connectivity index (χ4n) is 2.42. The van der Waals surface area contributed by atoms with Gasteiger partial charge in [-0.15, -0.1) is 0 Å². The van der Waals surface area contributed by atoms with Crippen molar-refractivity contribution >= 4 is 0 Å². The van der Waals surface area contributed by atoms with E-state index in [2.05, 4.69) is 5.10 Å². The largest absolute Gasteiger partial charge is 0.497 e. The fraction of sp³-hybridized carbons (Fsp3) is 0.400. The van der Waals surface area contributed by atoms with Gasteiger partial charge in [0.05, 0.1) is 12.8 Å². The normalized spacial score (nSPS) is 12.5. The SMILES string of the molecule is COc1ccc(C(O)c2c(C)nn(C)c2C)c(C)c1. The highest BCUT2D eigenvalue weighted by Gasteiger charge is 2.21. The van der Waals surface area contributed by atoms with Crippen molar-refractivity contribution < 1.29 is 9.84 Å². The highest BCUT2D eigenvalue weighted by molar-refractivity contribution is 5.42. The van der Waals surface area contributed by atoms with Crippen LogP contribution in [0.5, 0.6) is 5.75 Å². The highest BCUT2D eigenvalue weighted by Crippen LogP contribution is 2.30. The summed E-state index contributed by atoms with van der Waals surface area (Å²) in [6.07, 6.45) is -0.653. The van der Waals surface area contributed by atoms with Crippen molar-refractivity contribution in [2.24, 2.45) is 7.05 Å². The van der Waals surface area contributed by atoms with Gasteiger partial charge in [-0.3, -0.25) is 4.68 Å². The fourth-order valence-corrected chi connectivity index (χ4v) is 2.42. The molecule has 1 unspecified atom stereocenters. The topological polar surface area (TPSA) is 47.3 Å². The van der Waals surface area contributed by atoms with Crippen molar-refractivity contribution in [3.05, 3.63) is 46.3 Å². The number of aryl methyl sites for hydroxylation is 3. The lowest BCUT2D eigenvalue weighted by Crippen LogP contribution is -2.05. The third-order valence-electron chi connectivity index (χ3n) is 3.61. The molecule has 1 heterocycles. The number of ether oxygens (including phenoxy) is 1. The molecule has 4 heteroatoms. The Kier molecular flexibility index (Phi) is 3.62. The summed E-state index contributed by atoms with van der Waals surface area (Å²) >= 11 is 0. The van der Waals surface area contributed by atoms with Gasteiger partial charge in [0.2, 0.25) is 0 Å². The summed E-state index contributed by atoms with van der Waals surface area (Å²) in [4.78, 5) is 0. The molecule has 102 valence electrons. The number of nitrogens with zero attached hydrogens (tertiary/aromatic N) is 2. The molecule has 0 spiro atoms. The molecule has 19 heavy (non-hydrogen) atoms. The molecule has 2 aromatic rings. The first-order valence-corrected chi connectivity index (χ1v) is 6.28. The summed E-state index contributed by atoms with van der Waals surface area (Å²) in [6, 6.07) is 5.71. The molecule has 2 rings (SSSR count). The van der Waals surface area contributed by atoms with Gasteiger partial charge >= 0.3 is 0 Å². The van der Waals surface area contributed by atoms with Crippen LogP contribution >= 0.6 is 0 Å². The molecule has 0 fully saturated rings. The van der Waals surface area contributed by atoms with Gasteiger partial charge in [0.25, 0.3) is 0 Å². The van der Waals surface area contributed by atoms with E-state index >= 15 is 0 Å². The van der Waals surface area contributed by atoms with E-state index in [9.17, 15) is 5.11 Å². The van der Waals surface area contributed by atoms with Gasteiger partial charge in [-0.2, -0.15) is 5.10 Å². The van der Waals surface area contributed by atoms with Crippen LogP contribution in [0.4, 0.5) is 0 Å². The summed E-state index contributed by atoms with van der Waals surface area (Å²) in [6.45, 7) is 5.87. The number of aliphatic hydroxyl groups is 1. The van der Waals surface area contributed by atoms with Crippen molar-refractivity contribution in [2.75, 3.05) is 7.11 Å². The molecule has 1 N–H and O–H groups in total. The van der Waals surface area contributed by atoms with Crippen LogP contribution < -0.4 is 4.74 Å². The first kappa shape index (κ1) is 13.6. The quantitative estimate of drug-likeness (QED) is 0.922. The molecule has 4 nitrogen and oxygen atoms in total. The Morgan fingerprint density at radius 3 is 2.42 bits per heavy atom. The Labute approximate surface area is 113 Å². The van der Waals surface area contributed by atoms with Crippen molar-refractivity contribution in [1.29, 1.82) is 0 Å². The van der Waals surface area contributed by atoms with Crippen molar-refractivity contribution in [1.82, 2.24) is 9.78 Å². The lowest BCUT2D eigenvalue weighted by atomic mass is 9.96. The van der Waals surface area contributed by atoms with Gasteiger partial charge in [-0.05, 0) is 44.0 Å². The first-order valence-electron chi connectivity index (χ1n) is 6.28. The monoisotopic (exact) mass is 260 g/mol. The number of aromatic nitrogens is 2. The van der Waals surface area contributed by atoms with E-state index in [1.165, 1.54) is 0 Å². The molecule has 0 bridgehead atoms. The van der Waals surface area contributed by atoms with E-state index in [1.54, 1.807) is 11.8 Å². The maximum absolute atomic E-state index is 10.6. The second-order valence-electron chi connectivity index (χ2n) is 4.83. The third-order valence-corrected chi connectivity index (χ3v) is 3.61. The summed E-state index contributed by atoms with van der Waals surface area (Å²) < 4.78 is 6.99. The molecule has 0 aliphatic rings. The zero-order valence-electron chi connectivity index (χ0n) is 12.1. The molecular weight excluding hydrogens is 240 g/mol. The van der Waals surface area contributed by atoms with Crippen LogP contribution in [0.2, 0.25) is 0 Å². The van der Waals surface area contributed by atoms with Crippen LogP contribution in [0, 0.1) is 20.8 Å². The molecule has 0 amide bonds. The number of methoxy groups -OCH3 is 1. The molecule has 1 atom stereocenters. The van der Waals surface area contributed by atoms with E-state index in [4.69, 9.17) is 4.74 Å². The third kappa shape index (κ3) is 2.36. The van der Waals surface area contributed by atoms with Gasteiger partial charge in [-0.25, -0.2) is 0 Å². The van der Waals surface area contributed by atoms with E-state index < -0.39 is 6.10 Å². The molecule has 0 aliphatic carbocycles. The van der Waals surface area contributed by atoms with Crippen LogP contribution in [0.25, 0.3) is 0 Å². The lowest BCUT2D eigenvalue weighted by Gasteiger charge is -2.15. The Morgan fingerprint density at radius 2 is 1.95 bits per heavy atom. The van der Waals surface area contributed by atoms with E-state index in [0.29, 0.717) is 0 Å². The summed E-state index contributed by atoms with van der Waals surface area (Å²) in [7, 11) is 3.53. The van der Waals surface area contributed by atoms with Gasteiger partial charge in [0.15, 0.2) is 0 Å². The summed E-state index contributed by atoms with van der Waals surface area (Å²) in [5.74, 6) is 0.799. The maximum atomic E-state index is 10.6. The minimum Gasteiger partial charge on any atom is -0.497 e. The predicted octanol–water partition coefficient (Wildman–Crippen LogP) is 2.44. The molecule has 1 aromatic carbocycles.